The molecule has 5 nitrogen and oxygen atoms in total. The summed E-state index contributed by atoms with van der Waals surface area (Å²) in [5.74, 6) is -0.460. The van der Waals surface area contributed by atoms with Gasteiger partial charge in [-0.2, -0.15) is 13.2 Å². The van der Waals surface area contributed by atoms with Crippen LogP contribution in [0.5, 0.6) is 0 Å². The quantitative estimate of drug-likeness (QED) is 0.623. The summed E-state index contributed by atoms with van der Waals surface area (Å²) in [6, 6.07) is 11.3. The van der Waals surface area contributed by atoms with Gasteiger partial charge in [-0.25, -0.2) is 8.78 Å². The van der Waals surface area contributed by atoms with Gasteiger partial charge in [-0.3, -0.25) is 14.7 Å². The van der Waals surface area contributed by atoms with Crippen LogP contribution in [0.3, 0.4) is 0 Å². The van der Waals surface area contributed by atoms with Crippen LogP contribution in [0, 0.1) is 0 Å². The maximum Gasteiger partial charge on any atom is 0.417 e. The fourth-order valence-electron chi connectivity index (χ4n) is 4.50. The normalized spacial score (nSPS) is 21.5. The van der Waals surface area contributed by atoms with Crippen molar-refractivity contribution in [2.45, 2.75) is 37.1 Å². The van der Waals surface area contributed by atoms with E-state index in [2.05, 4.69) is 4.98 Å². The summed E-state index contributed by atoms with van der Waals surface area (Å²) in [6.45, 7) is 0.930. The lowest BCUT2D eigenvalue weighted by molar-refractivity contribution is -0.180. The fourth-order valence-corrected chi connectivity index (χ4v) is 4.50. The molecule has 33 heavy (non-hydrogen) atoms. The molecule has 2 saturated heterocycles. The molecule has 1 amide bonds. The van der Waals surface area contributed by atoms with Crippen LogP contribution in [0.4, 0.5) is 22.0 Å². The number of carbonyl (C=O) groups is 1. The standard InChI is InChI=1S/C23H24F5N3O2/c24-20(25)14-30-13-19(16-4-2-1-3-5-16)33-22(15-30)8-10-31(11-9-22)21(32)18-7-6-17(12-29-18)23(26,27)28/h1-7,12,19-20H,8-11,13-15H2. The van der Waals surface area contributed by atoms with E-state index in [9.17, 15) is 26.7 Å². The van der Waals surface area contributed by atoms with Gasteiger partial charge in [0, 0.05) is 32.4 Å². The molecule has 1 atom stereocenters. The van der Waals surface area contributed by atoms with Gasteiger partial charge in [0.15, 0.2) is 0 Å². The van der Waals surface area contributed by atoms with Crippen molar-refractivity contribution in [2.75, 3.05) is 32.7 Å². The molecule has 0 aliphatic carbocycles. The predicted molar refractivity (Wildman–Crippen MR) is 110 cm³/mol. The van der Waals surface area contributed by atoms with Crippen LogP contribution in [0.25, 0.3) is 0 Å². The molecule has 1 aromatic heterocycles. The summed E-state index contributed by atoms with van der Waals surface area (Å²) >= 11 is 0. The van der Waals surface area contributed by atoms with Crippen LogP contribution in [0.2, 0.25) is 0 Å². The third kappa shape index (κ3) is 5.50. The van der Waals surface area contributed by atoms with Crippen molar-refractivity contribution >= 4 is 5.91 Å². The number of benzene rings is 1. The lowest BCUT2D eigenvalue weighted by Crippen LogP contribution is -2.58. The van der Waals surface area contributed by atoms with Crippen LogP contribution in [-0.2, 0) is 10.9 Å². The van der Waals surface area contributed by atoms with Crippen LogP contribution in [0.1, 0.15) is 40.6 Å². The predicted octanol–water partition coefficient (Wildman–Crippen LogP) is 4.41. The molecule has 10 heteroatoms. The number of hydrogen-bond donors (Lipinski definition) is 0. The smallest absolute Gasteiger partial charge is 0.364 e. The number of likely N-dealkylation sites (tertiary alicyclic amines) is 1. The minimum atomic E-state index is -4.52. The molecule has 2 aliphatic heterocycles. The molecule has 178 valence electrons. The van der Waals surface area contributed by atoms with Crippen LogP contribution >= 0.6 is 0 Å². The number of ether oxygens (including phenoxy) is 1. The van der Waals surface area contributed by atoms with Gasteiger partial charge in [0.25, 0.3) is 12.3 Å². The Morgan fingerprint density at radius 3 is 2.39 bits per heavy atom. The molecule has 0 radical (unpaired) electrons. The molecule has 1 unspecified atom stereocenters. The zero-order valence-electron chi connectivity index (χ0n) is 17.8. The Kier molecular flexibility index (Phi) is 6.67. The molecule has 1 spiro atoms. The molecule has 0 N–H and O–H groups in total. The molecule has 1 aromatic carbocycles. The van der Waals surface area contributed by atoms with E-state index in [4.69, 9.17) is 4.74 Å². The SMILES string of the molecule is O=C(c1ccc(C(F)(F)F)cn1)N1CCC2(CC1)CN(CC(F)F)CC(c1ccccc1)O2. The van der Waals surface area contributed by atoms with Crippen molar-refractivity contribution in [3.63, 3.8) is 0 Å². The Labute approximate surface area is 188 Å². The summed E-state index contributed by atoms with van der Waals surface area (Å²) in [5.41, 5.74) is -0.760. The number of hydrogen-bond acceptors (Lipinski definition) is 4. The molecule has 3 heterocycles. The topological polar surface area (TPSA) is 45.7 Å². The van der Waals surface area contributed by atoms with Crippen molar-refractivity contribution in [1.29, 1.82) is 0 Å². The Balaban J connectivity index is 1.45. The minimum Gasteiger partial charge on any atom is -0.364 e. The first-order valence-electron chi connectivity index (χ1n) is 10.7. The van der Waals surface area contributed by atoms with Crippen molar-refractivity contribution < 1.29 is 31.5 Å². The summed E-state index contributed by atoms with van der Waals surface area (Å²) in [7, 11) is 0. The Hall–Kier alpha value is -2.59. The second kappa shape index (κ2) is 9.34. The fraction of sp³-hybridized carbons (Fsp3) is 0.478. The lowest BCUT2D eigenvalue weighted by Gasteiger charge is -2.50. The van der Waals surface area contributed by atoms with Gasteiger partial charge in [0.05, 0.1) is 23.8 Å². The van der Waals surface area contributed by atoms with Crippen molar-refractivity contribution in [3.8, 4) is 0 Å². The largest absolute Gasteiger partial charge is 0.417 e. The maximum absolute atomic E-state index is 13.1. The van der Waals surface area contributed by atoms with Crippen molar-refractivity contribution in [3.05, 3.63) is 65.5 Å². The Morgan fingerprint density at radius 1 is 1.12 bits per heavy atom. The van der Waals surface area contributed by atoms with E-state index in [1.54, 1.807) is 4.90 Å². The van der Waals surface area contributed by atoms with Crippen LogP contribution in [0.15, 0.2) is 48.7 Å². The van der Waals surface area contributed by atoms with Gasteiger partial charge >= 0.3 is 6.18 Å². The number of pyridine rings is 1. The van der Waals surface area contributed by atoms with Gasteiger partial charge in [-0.1, -0.05) is 30.3 Å². The summed E-state index contributed by atoms with van der Waals surface area (Å²) in [4.78, 5) is 19.7. The summed E-state index contributed by atoms with van der Waals surface area (Å²) < 4.78 is 71.0. The van der Waals surface area contributed by atoms with Gasteiger partial charge in [0.2, 0.25) is 0 Å². The highest BCUT2D eigenvalue weighted by Gasteiger charge is 2.44. The van der Waals surface area contributed by atoms with Gasteiger partial charge in [0.1, 0.15) is 5.69 Å². The molecule has 0 saturated carbocycles. The van der Waals surface area contributed by atoms with Crippen LogP contribution < -0.4 is 0 Å². The van der Waals surface area contributed by atoms with Crippen molar-refractivity contribution in [1.82, 2.24) is 14.8 Å². The molecule has 2 aromatic rings. The van der Waals surface area contributed by atoms with Crippen LogP contribution in [-0.4, -0.2) is 65.4 Å². The third-order valence-corrected chi connectivity index (χ3v) is 6.17. The average molecular weight is 469 g/mol. The zero-order chi connectivity index (χ0) is 23.6. The van der Waals surface area contributed by atoms with Gasteiger partial charge in [-0.15, -0.1) is 0 Å². The number of morpholine rings is 1. The number of piperidine rings is 1. The highest BCUT2D eigenvalue weighted by molar-refractivity contribution is 5.92. The van der Waals surface area contributed by atoms with Gasteiger partial charge in [-0.05, 0) is 30.5 Å². The van der Waals surface area contributed by atoms with E-state index in [0.29, 0.717) is 45.2 Å². The van der Waals surface area contributed by atoms with E-state index >= 15 is 0 Å². The minimum absolute atomic E-state index is 0.0648. The second-order valence-electron chi connectivity index (χ2n) is 8.51. The number of aromatic nitrogens is 1. The molecule has 4 rings (SSSR count). The highest BCUT2D eigenvalue weighted by atomic mass is 19.4. The first-order valence-corrected chi connectivity index (χ1v) is 10.7. The maximum atomic E-state index is 13.1. The number of rotatable bonds is 4. The third-order valence-electron chi connectivity index (χ3n) is 6.17. The molecule has 2 fully saturated rings. The number of carbonyl (C=O) groups excluding carboxylic acids is 1. The lowest BCUT2D eigenvalue weighted by atomic mass is 9.87. The van der Waals surface area contributed by atoms with E-state index in [1.165, 1.54) is 4.90 Å². The molecule has 2 aliphatic rings. The number of nitrogens with zero attached hydrogens (tertiary/aromatic N) is 3. The molecule has 0 bridgehead atoms. The molecular weight excluding hydrogens is 445 g/mol. The number of amides is 1. The first kappa shape index (κ1) is 23.6. The zero-order valence-corrected chi connectivity index (χ0v) is 17.8. The van der Waals surface area contributed by atoms with Gasteiger partial charge < -0.3 is 9.64 Å². The molecular formula is C23H24F5N3O2. The summed E-state index contributed by atoms with van der Waals surface area (Å²) in [5, 5.41) is 0. The highest BCUT2D eigenvalue weighted by Crippen LogP contribution is 2.38. The van der Waals surface area contributed by atoms with Crippen molar-refractivity contribution in [2.24, 2.45) is 0 Å². The van der Waals surface area contributed by atoms with E-state index in [1.807, 2.05) is 30.3 Å². The number of halogens is 5. The van der Waals surface area contributed by atoms with E-state index < -0.39 is 29.7 Å². The Morgan fingerprint density at radius 2 is 1.82 bits per heavy atom. The Bertz CT molecular complexity index is 945. The first-order chi connectivity index (χ1) is 15.7. The van der Waals surface area contributed by atoms with E-state index in [0.717, 1.165) is 17.7 Å². The monoisotopic (exact) mass is 469 g/mol. The van der Waals surface area contributed by atoms with E-state index in [-0.39, 0.29) is 18.3 Å². The number of alkyl halides is 5. The average Bonchev–Trinajstić information content (AvgIpc) is 2.78. The second-order valence-corrected chi connectivity index (χ2v) is 8.51. The summed E-state index contributed by atoms with van der Waals surface area (Å²) in [6.07, 6.45) is -5.84.